The Labute approximate surface area is 175 Å². The molecule has 1 atom stereocenters. The second kappa shape index (κ2) is 11.0. The van der Waals surface area contributed by atoms with E-state index < -0.39 is 0 Å². The lowest BCUT2D eigenvalue weighted by Gasteiger charge is -2.30. The van der Waals surface area contributed by atoms with Crippen LogP contribution in [-0.2, 0) is 12.8 Å². The van der Waals surface area contributed by atoms with Crippen molar-refractivity contribution in [1.29, 1.82) is 0 Å². The maximum atomic E-state index is 5.57. The van der Waals surface area contributed by atoms with Crippen LogP contribution in [0.3, 0.4) is 0 Å². The van der Waals surface area contributed by atoms with Crippen molar-refractivity contribution in [3.63, 3.8) is 0 Å². The zero-order chi connectivity index (χ0) is 17.5. The molecule has 1 aromatic rings. The fourth-order valence-electron chi connectivity index (χ4n) is 3.76. The van der Waals surface area contributed by atoms with Crippen molar-refractivity contribution in [1.82, 2.24) is 15.5 Å². The zero-order valence-electron chi connectivity index (χ0n) is 16.1. The van der Waals surface area contributed by atoms with Crippen LogP contribution >= 0.6 is 24.0 Å². The van der Waals surface area contributed by atoms with Crippen molar-refractivity contribution in [2.45, 2.75) is 32.6 Å². The largest absolute Gasteiger partial charge is 0.493 e. The number of aliphatic imine (C=N–C) groups is 1. The molecule has 2 aliphatic heterocycles. The molecule has 1 fully saturated rings. The highest BCUT2D eigenvalue weighted by Crippen LogP contribution is 2.25. The van der Waals surface area contributed by atoms with Gasteiger partial charge in [-0.3, -0.25) is 4.99 Å². The van der Waals surface area contributed by atoms with Crippen molar-refractivity contribution in [2.75, 3.05) is 46.4 Å². The van der Waals surface area contributed by atoms with Gasteiger partial charge in [0.15, 0.2) is 5.96 Å². The van der Waals surface area contributed by atoms with Crippen molar-refractivity contribution < 1.29 is 4.74 Å². The summed E-state index contributed by atoms with van der Waals surface area (Å²) >= 11 is 0. The Morgan fingerprint density at radius 3 is 2.96 bits per heavy atom. The highest BCUT2D eigenvalue weighted by molar-refractivity contribution is 14.0. The highest BCUT2D eigenvalue weighted by atomic mass is 127. The summed E-state index contributed by atoms with van der Waals surface area (Å²) in [6, 6.07) is 6.54. The van der Waals surface area contributed by atoms with Gasteiger partial charge >= 0.3 is 0 Å². The number of nitrogens with one attached hydrogen (secondary N) is 2. The van der Waals surface area contributed by atoms with Crippen LogP contribution in [0.2, 0.25) is 0 Å². The lowest BCUT2D eigenvalue weighted by molar-refractivity contribution is 0.187. The van der Waals surface area contributed by atoms with E-state index in [1.807, 2.05) is 7.05 Å². The maximum absolute atomic E-state index is 5.57. The molecule has 26 heavy (non-hydrogen) atoms. The number of piperidine rings is 1. The van der Waals surface area contributed by atoms with E-state index in [0.717, 1.165) is 56.7 Å². The van der Waals surface area contributed by atoms with Crippen molar-refractivity contribution >= 4 is 29.9 Å². The summed E-state index contributed by atoms with van der Waals surface area (Å²) in [5.41, 5.74) is 2.70. The molecule has 0 amide bonds. The summed E-state index contributed by atoms with van der Waals surface area (Å²) in [5, 5.41) is 6.86. The van der Waals surface area contributed by atoms with Gasteiger partial charge in [-0.15, -0.1) is 24.0 Å². The SMILES string of the molecule is CN=C(NCCc1ccc2c(c1)CCO2)NCCN1CCCC(C)C1.I. The lowest BCUT2D eigenvalue weighted by Crippen LogP contribution is -2.44. The third kappa shape index (κ3) is 6.30. The summed E-state index contributed by atoms with van der Waals surface area (Å²) in [6.07, 6.45) is 4.74. The first-order chi connectivity index (χ1) is 12.2. The maximum Gasteiger partial charge on any atom is 0.191 e. The quantitative estimate of drug-likeness (QED) is 0.380. The number of halogens is 1. The molecule has 5 nitrogen and oxygen atoms in total. The van der Waals surface area contributed by atoms with Crippen LogP contribution in [0.25, 0.3) is 0 Å². The van der Waals surface area contributed by atoms with Gasteiger partial charge in [0.2, 0.25) is 0 Å². The monoisotopic (exact) mass is 472 g/mol. The molecule has 0 radical (unpaired) electrons. The van der Waals surface area contributed by atoms with Gasteiger partial charge in [-0.2, -0.15) is 0 Å². The van der Waals surface area contributed by atoms with Crippen molar-refractivity contribution in [2.24, 2.45) is 10.9 Å². The van der Waals surface area contributed by atoms with Gasteiger partial charge in [-0.25, -0.2) is 0 Å². The third-order valence-electron chi connectivity index (χ3n) is 5.15. The van der Waals surface area contributed by atoms with E-state index in [-0.39, 0.29) is 24.0 Å². The minimum absolute atomic E-state index is 0. The summed E-state index contributed by atoms with van der Waals surface area (Å²) < 4.78 is 5.57. The van der Waals surface area contributed by atoms with E-state index in [9.17, 15) is 0 Å². The van der Waals surface area contributed by atoms with E-state index in [0.29, 0.717) is 0 Å². The molecule has 3 rings (SSSR count). The first-order valence-electron chi connectivity index (χ1n) is 9.66. The van der Waals surface area contributed by atoms with Crippen LogP contribution in [0.5, 0.6) is 5.75 Å². The van der Waals surface area contributed by atoms with Crippen LogP contribution in [-0.4, -0.2) is 57.2 Å². The fourth-order valence-corrected chi connectivity index (χ4v) is 3.76. The molecule has 0 aromatic heterocycles. The Kier molecular flexibility index (Phi) is 8.98. The normalized spacial score (nSPS) is 20.1. The third-order valence-corrected chi connectivity index (χ3v) is 5.15. The predicted octanol–water partition coefficient (Wildman–Crippen LogP) is 2.68. The highest BCUT2D eigenvalue weighted by Gasteiger charge is 2.15. The first-order valence-corrected chi connectivity index (χ1v) is 9.66. The number of likely N-dealkylation sites (tertiary alicyclic amines) is 1. The van der Waals surface area contributed by atoms with Crippen LogP contribution in [0, 0.1) is 5.92 Å². The van der Waals surface area contributed by atoms with E-state index in [2.05, 4.69) is 45.6 Å². The zero-order valence-corrected chi connectivity index (χ0v) is 18.4. The molecule has 0 bridgehead atoms. The molecule has 1 unspecified atom stereocenters. The van der Waals surface area contributed by atoms with E-state index in [1.165, 1.54) is 37.1 Å². The van der Waals surface area contributed by atoms with Gasteiger partial charge in [0, 0.05) is 39.6 Å². The van der Waals surface area contributed by atoms with Crippen LogP contribution in [0.4, 0.5) is 0 Å². The molecule has 6 heteroatoms. The van der Waals surface area contributed by atoms with Crippen LogP contribution < -0.4 is 15.4 Å². The van der Waals surface area contributed by atoms with E-state index >= 15 is 0 Å². The molecule has 0 saturated carbocycles. The average Bonchev–Trinajstić information content (AvgIpc) is 3.08. The average molecular weight is 472 g/mol. The topological polar surface area (TPSA) is 48.9 Å². The Balaban J connectivity index is 0.00000243. The Morgan fingerprint density at radius 1 is 1.31 bits per heavy atom. The molecular weight excluding hydrogens is 439 g/mol. The lowest BCUT2D eigenvalue weighted by atomic mass is 10.0. The minimum atomic E-state index is 0. The molecule has 1 saturated heterocycles. The van der Waals surface area contributed by atoms with Gasteiger partial charge < -0.3 is 20.3 Å². The number of hydrogen-bond donors (Lipinski definition) is 2. The van der Waals surface area contributed by atoms with Gasteiger partial charge in [0.25, 0.3) is 0 Å². The second-order valence-corrected chi connectivity index (χ2v) is 7.26. The molecule has 1 aromatic carbocycles. The fraction of sp³-hybridized carbons (Fsp3) is 0.650. The number of benzene rings is 1. The van der Waals surface area contributed by atoms with Crippen LogP contribution in [0.1, 0.15) is 30.9 Å². The number of guanidine groups is 1. The minimum Gasteiger partial charge on any atom is -0.493 e. The first kappa shape index (κ1) is 21.3. The van der Waals surface area contributed by atoms with Gasteiger partial charge in [-0.05, 0) is 48.9 Å². The predicted molar refractivity (Wildman–Crippen MR) is 119 cm³/mol. The molecule has 2 N–H and O–H groups in total. The summed E-state index contributed by atoms with van der Waals surface area (Å²) in [5.74, 6) is 2.79. The molecule has 2 aliphatic rings. The molecule has 146 valence electrons. The molecule has 0 spiro atoms. The standard InChI is InChI=1S/C20H32N4O.HI/c1-16-4-3-11-24(15-16)12-10-23-20(21-2)22-9-7-17-5-6-19-18(14-17)8-13-25-19;/h5-6,14,16H,3-4,7-13,15H2,1-2H3,(H2,21,22,23);1H. The smallest absolute Gasteiger partial charge is 0.191 e. The van der Waals surface area contributed by atoms with E-state index in [1.54, 1.807) is 0 Å². The van der Waals surface area contributed by atoms with Gasteiger partial charge in [0.1, 0.15) is 5.75 Å². The summed E-state index contributed by atoms with van der Waals surface area (Å²) in [7, 11) is 1.84. The number of rotatable bonds is 6. The second-order valence-electron chi connectivity index (χ2n) is 7.26. The van der Waals surface area contributed by atoms with Crippen molar-refractivity contribution in [3.05, 3.63) is 29.3 Å². The molecular formula is C20H33IN4O. The summed E-state index contributed by atoms with van der Waals surface area (Å²) in [4.78, 5) is 6.89. The Bertz CT molecular complexity index is 593. The van der Waals surface area contributed by atoms with Gasteiger partial charge in [-0.1, -0.05) is 19.1 Å². The number of ether oxygens (including phenoxy) is 1. The number of hydrogen-bond acceptors (Lipinski definition) is 3. The molecule has 0 aliphatic carbocycles. The Morgan fingerprint density at radius 2 is 2.15 bits per heavy atom. The summed E-state index contributed by atoms with van der Waals surface area (Å²) in [6.45, 7) is 8.57. The van der Waals surface area contributed by atoms with Gasteiger partial charge in [0.05, 0.1) is 6.61 Å². The Hall–Kier alpha value is -1.02. The van der Waals surface area contributed by atoms with Crippen LogP contribution in [0.15, 0.2) is 23.2 Å². The van der Waals surface area contributed by atoms with E-state index in [4.69, 9.17) is 4.74 Å². The number of nitrogens with zero attached hydrogens (tertiary/aromatic N) is 2. The molecule has 2 heterocycles. The van der Waals surface area contributed by atoms with Crippen molar-refractivity contribution in [3.8, 4) is 5.75 Å². The number of fused-ring (bicyclic) bond motifs is 1.